The molecule has 1 N–H and O–H groups in total. The zero-order valence-electron chi connectivity index (χ0n) is 13.6. The molecule has 0 aromatic carbocycles. The summed E-state index contributed by atoms with van der Waals surface area (Å²) >= 11 is 6.29. The number of rotatable bonds is 7. The molecule has 0 amide bonds. The molecule has 0 saturated heterocycles. The van der Waals surface area contributed by atoms with Gasteiger partial charge in [0.2, 0.25) is 0 Å². The van der Waals surface area contributed by atoms with Crippen LogP contribution in [-0.4, -0.2) is 54.6 Å². The van der Waals surface area contributed by atoms with E-state index in [0.29, 0.717) is 5.54 Å². The van der Waals surface area contributed by atoms with Crippen LogP contribution in [0.2, 0.25) is 5.02 Å². The average molecular weight is 311 g/mol. The van der Waals surface area contributed by atoms with Crippen LogP contribution in [0.1, 0.15) is 31.9 Å². The Morgan fingerprint density at radius 2 is 2.00 bits per heavy atom. The lowest BCUT2D eigenvalue weighted by Gasteiger charge is -2.49. The van der Waals surface area contributed by atoms with Crippen LogP contribution in [0.25, 0.3) is 0 Å². The van der Waals surface area contributed by atoms with E-state index in [1.165, 1.54) is 19.3 Å². The third kappa shape index (κ3) is 3.87. The van der Waals surface area contributed by atoms with Crippen LogP contribution in [-0.2, 0) is 6.54 Å². The number of nitrogens with zero attached hydrogens (tertiary/aromatic N) is 3. The normalized spacial score (nSPS) is 17.1. The summed E-state index contributed by atoms with van der Waals surface area (Å²) in [6, 6.07) is 3.86. The highest BCUT2D eigenvalue weighted by atomic mass is 35.5. The van der Waals surface area contributed by atoms with Gasteiger partial charge in [-0.2, -0.15) is 0 Å². The molecule has 0 spiro atoms. The second kappa shape index (κ2) is 6.95. The number of aromatic nitrogens is 1. The average Bonchev–Trinajstić information content (AvgIpc) is 2.38. The van der Waals surface area contributed by atoms with Crippen molar-refractivity contribution in [2.75, 3.05) is 39.5 Å². The van der Waals surface area contributed by atoms with Gasteiger partial charge in [0.25, 0.3) is 0 Å². The van der Waals surface area contributed by atoms with E-state index in [4.69, 9.17) is 11.6 Å². The Balaban J connectivity index is 2.02. The molecule has 1 aliphatic rings. The van der Waals surface area contributed by atoms with E-state index < -0.39 is 0 Å². The first-order chi connectivity index (χ1) is 9.97. The summed E-state index contributed by atoms with van der Waals surface area (Å²) in [7, 11) is 6.52. The molecule has 2 rings (SSSR count). The largest absolute Gasteiger partial charge is 0.370 e. The van der Waals surface area contributed by atoms with E-state index in [1.54, 1.807) is 0 Å². The minimum Gasteiger partial charge on any atom is -0.370 e. The summed E-state index contributed by atoms with van der Waals surface area (Å²) in [6.07, 6.45) is 3.90. The van der Waals surface area contributed by atoms with Crippen LogP contribution < -0.4 is 5.32 Å². The van der Waals surface area contributed by atoms with Gasteiger partial charge in [0.1, 0.15) is 5.82 Å². The van der Waals surface area contributed by atoms with Crippen molar-refractivity contribution >= 4 is 17.4 Å². The van der Waals surface area contributed by atoms with Crippen molar-refractivity contribution in [1.29, 1.82) is 0 Å². The Morgan fingerprint density at radius 1 is 1.29 bits per heavy atom. The molecule has 1 heterocycles. The zero-order valence-corrected chi connectivity index (χ0v) is 14.4. The number of likely N-dealkylation sites (N-methyl/N-ethyl adjacent to an activating group) is 2. The Morgan fingerprint density at radius 3 is 2.52 bits per heavy atom. The minimum absolute atomic E-state index is 0.334. The maximum absolute atomic E-state index is 6.29. The fraction of sp³-hybridized carbons (Fsp3) is 0.688. The Kier molecular flexibility index (Phi) is 5.47. The second-order valence-corrected chi connectivity index (χ2v) is 6.71. The van der Waals surface area contributed by atoms with Gasteiger partial charge in [-0.15, -0.1) is 0 Å². The highest BCUT2D eigenvalue weighted by Gasteiger charge is 2.39. The van der Waals surface area contributed by atoms with Crippen molar-refractivity contribution in [2.24, 2.45) is 0 Å². The van der Waals surface area contributed by atoms with Gasteiger partial charge in [-0.1, -0.05) is 11.6 Å². The zero-order chi connectivity index (χ0) is 15.5. The van der Waals surface area contributed by atoms with Gasteiger partial charge in [-0.05, 0) is 59.5 Å². The molecule has 1 fully saturated rings. The van der Waals surface area contributed by atoms with Crippen molar-refractivity contribution in [2.45, 2.75) is 38.3 Å². The van der Waals surface area contributed by atoms with Crippen molar-refractivity contribution in [3.63, 3.8) is 0 Å². The number of pyridine rings is 1. The lowest BCUT2D eigenvalue weighted by molar-refractivity contribution is 0.0256. The molecule has 0 aliphatic heterocycles. The van der Waals surface area contributed by atoms with Crippen LogP contribution in [0.4, 0.5) is 5.82 Å². The van der Waals surface area contributed by atoms with Crippen molar-refractivity contribution in [3.8, 4) is 0 Å². The monoisotopic (exact) mass is 310 g/mol. The maximum atomic E-state index is 6.29. The lowest BCUT2D eigenvalue weighted by Crippen LogP contribution is -2.56. The number of halogens is 1. The van der Waals surface area contributed by atoms with E-state index in [9.17, 15) is 0 Å². The standard InChI is InChI=1S/C16H27ClN4/c1-5-18-15-8-7-13(17)14(19-15)11-21(4)12-16(20(2)3)9-6-10-16/h7-8H,5-6,9-12H2,1-4H3,(H,18,19). The molecule has 0 unspecified atom stereocenters. The van der Waals surface area contributed by atoms with Gasteiger partial charge in [0.15, 0.2) is 0 Å². The predicted molar refractivity (Wildman–Crippen MR) is 90.0 cm³/mol. The van der Waals surface area contributed by atoms with Crippen LogP contribution in [0, 0.1) is 0 Å². The SMILES string of the molecule is CCNc1ccc(Cl)c(CN(C)CC2(N(C)C)CCC2)n1. The van der Waals surface area contributed by atoms with Gasteiger partial charge in [-0.3, -0.25) is 4.90 Å². The molecule has 4 nitrogen and oxygen atoms in total. The Bertz CT molecular complexity index is 471. The summed E-state index contributed by atoms with van der Waals surface area (Å²) in [4.78, 5) is 9.33. The fourth-order valence-electron chi connectivity index (χ4n) is 3.02. The van der Waals surface area contributed by atoms with Crippen molar-refractivity contribution in [1.82, 2.24) is 14.8 Å². The highest BCUT2D eigenvalue weighted by molar-refractivity contribution is 6.31. The molecule has 1 aromatic heterocycles. The summed E-state index contributed by atoms with van der Waals surface area (Å²) < 4.78 is 0. The quantitative estimate of drug-likeness (QED) is 0.838. The summed E-state index contributed by atoms with van der Waals surface area (Å²) in [5.74, 6) is 0.899. The summed E-state index contributed by atoms with van der Waals surface area (Å²) in [5.41, 5.74) is 1.28. The van der Waals surface area contributed by atoms with Crippen molar-refractivity contribution in [3.05, 3.63) is 22.8 Å². The van der Waals surface area contributed by atoms with Gasteiger partial charge >= 0.3 is 0 Å². The molecule has 5 heteroatoms. The van der Waals surface area contributed by atoms with E-state index >= 15 is 0 Å². The van der Waals surface area contributed by atoms with Gasteiger partial charge in [0, 0.05) is 25.2 Å². The van der Waals surface area contributed by atoms with Gasteiger partial charge in [-0.25, -0.2) is 4.98 Å². The lowest BCUT2D eigenvalue weighted by atomic mass is 9.75. The minimum atomic E-state index is 0.334. The third-order valence-corrected chi connectivity index (χ3v) is 4.84. The van der Waals surface area contributed by atoms with Crippen LogP contribution >= 0.6 is 11.6 Å². The molecular formula is C16H27ClN4. The second-order valence-electron chi connectivity index (χ2n) is 6.30. The molecule has 1 saturated carbocycles. The van der Waals surface area contributed by atoms with E-state index in [1.807, 2.05) is 12.1 Å². The Labute approximate surface area is 133 Å². The van der Waals surface area contributed by atoms with Crippen LogP contribution in [0.3, 0.4) is 0 Å². The van der Waals surface area contributed by atoms with Crippen LogP contribution in [0.15, 0.2) is 12.1 Å². The number of hydrogen-bond donors (Lipinski definition) is 1. The number of nitrogens with one attached hydrogen (secondary N) is 1. The molecule has 21 heavy (non-hydrogen) atoms. The molecule has 0 bridgehead atoms. The van der Waals surface area contributed by atoms with Crippen molar-refractivity contribution < 1.29 is 0 Å². The van der Waals surface area contributed by atoms with E-state index in [-0.39, 0.29) is 0 Å². The predicted octanol–water partition coefficient (Wildman–Crippen LogP) is 3.08. The highest BCUT2D eigenvalue weighted by Crippen LogP contribution is 2.36. The molecule has 1 aliphatic carbocycles. The Hall–Kier alpha value is -0.840. The summed E-state index contributed by atoms with van der Waals surface area (Å²) in [6.45, 7) is 4.78. The first-order valence-electron chi connectivity index (χ1n) is 7.72. The molecular weight excluding hydrogens is 284 g/mol. The van der Waals surface area contributed by atoms with Crippen LogP contribution in [0.5, 0.6) is 0 Å². The molecule has 0 atom stereocenters. The number of anilines is 1. The first-order valence-corrected chi connectivity index (χ1v) is 8.10. The van der Waals surface area contributed by atoms with Gasteiger partial charge < -0.3 is 10.2 Å². The topological polar surface area (TPSA) is 31.4 Å². The smallest absolute Gasteiger partial charge is 0.126 e. The van der Waals surface area contributed by atoms with Gasteiger partial charge in [0.05, 0.1) is 10.7 Å². The molecule has 0 radical (unpaired) electrons. The first kappa shape index (κ1) is 16.5. The summed E-state index contributed by atoms with van der Waals surface area (Å²) in [5, 5.41) is 3.99. The third-order valence-electron chi connectivity index (χ3n) is 4.49. The molecule has 1 aromatic rings. The maximum Gasteiger partial charge on any atom is 0.126 e. The van der Waals surface area contributed by atoms with E-state index in [0.717, 1.165) is 36.2 Å². The molecule has 118 valence electrons. The number of hydrogen-bond acceptors (Lipinski definition) is 4. The fourth-order valence-corrected chi connectivity index (χ4v) is 3.19. The van der Waals surface area contributed by atoms with E-state index in [2.05, 4.69) is 48.2 Å².